The standard InChI is InChI=1S/C28H34N8/c1-2-21(3-1)13-29-14-22-4-5-27-31-24(18-35(27)17-22)19-36-20-26(32-33-36)23-12-25(16-30-15-23)34-10-8-28(6-7-28)9-11-34/h4-5,12,15-18,20-21,29H,1-3,6-11,13-14,19H2. The lowest BCUT2D eigenvalue weighted by Gasteiger charge is -2.33. The molecule has 1 aliphatic heterocycles. The quantitative estimate of drug-likeness (QED) is 0.403. The predicted molar refractivity (Wildman–Crippen MR) is 140 cm³/mol. The van der Waals surface area contributed by atoms with E-state index in [0.717, 1.165) is 54.7 Å². The Morgan fingerprint density at radius 3 is 2.69 bits per heavy atom. The van der Waals surface area contributed by atoms with Crippen LogP contribution in [0.3, 0.4) is 0 Å². The van der Waals surface area contributed by atoms with E-state index >= 15 is 0 Å². The molecule has 8 heteroatoms. The first-order valence-corrected chi connectivity index (χ1v) is 13.5. The van der Waals surface area contributed by atoms with Crippen molar-refractivity contribution in [2.24, 2.45) is 11.3 Å². The van der Waals surface area contributed by atoms with E-state index in [9.17, 15) is 0 Å². The zero-order valence-corrected chi connectivity index (χ0v) is 20.8. The molecule has 0 amide bonds. The van der Waals surface area contributed by atoms with Crippen LogP contribution in [0.1, 0.15) is 56.2 Å². The smallest absolute Gasteiger partial charge is 0.137 e. The van der Waals surface area contributed by atoms with Crippen molar-refractivity contribution in [2.45, 2.75) is 58.0 Å². The van der Waals surface area contributed by atoms with Crippen LogP contribution in [0.2, 0.25) is 0 Å². The number of pyridine rings is 2. The summed E-state index contributed by atoms with van der Waals surface area (Å²) in [6.07, 6.45) is 19.7. The van der Waals surface area contributed by atoms with Crippen LogP contribution in [0.15, 0.2) is 49.2 Å². The number of hydrogen-bond donors (Lipinski definition) is 1. The van der Waals surface area contributed by atoms with Gasteiger partial charge in [-0.15, -0.1) is 5.10 Å². The molecule has 1 N–H and O–H groups in total. The minimum Gasteiger partial charge on any atom is -0.370 e. The topological polar surface area (TPSA) is 76.2 Å². The molecule has 1 spiro atoms. The van der Waals surface area contributed by atoms with Gasteiger partial charge in [0.05, 0.1) is 30.3 Å². The zero-order chi connectivity index (χ0) is 24.0. The maximum absolute atomic E-state index is 4.79. The van der Waals surface area contributed by atoms with Gasteiger partial charge in [-0.2, -0.15) is 0 Å². The Balaban J connectivity index is 1.01. The van der Waals surface area contributed by atoms with Crippen LogP contribution in [0.5, 0.6) is 0 Å². The van der Waals surface area contributed by atoms with Gasteiger partial charge in [-0.3, -0.25) is 4.98 Å². The molecule has 3 fully saturated rings. The maximum atomic E-state index is 4.79. The van der Waals surface area contributed by atoms with Crippen molar-refractivity contribution in [3.63, 3.8) is 0 Å². The zero-order valence-electron chi connectivity index (χ0n) is 20.8. The van der Waals surface area contributed by atoms with Gasteiger partial charge in [-0.05, 0) is 74.1 Å². The Morgan fingerprint density at radius 1 is 1.00 bits per heavy atom. The van der Waals surface area contributed by atoms with Crippen molar-refractivity contribution in [3.05, 3.63) is 60.4 Å². The van der Waals surface area contributed by atoms with Gasteiger partial charge < -0.3 is 14.6 Å². The second kappa shape index (κ2) is 9.00. The van der Waals surface area contributed by atoms with Crippen LogP contribution >= 0.6 is 0 Å². The molecule has 1 saturated heterocycles. The third-order valence-electron chi connectivity index (χ3n) is 8.58. The lowest BCUT2D eigenvalue weighted by molar-refractivity contribution is 0.301. The van der Waals surface area contributed by atoms with Gasteiger partial charge in [-0.25, -0.2) is 9.67 Å². The van der Waals surface area contributed by atoms with Crippen molar-refractivity contribution in [2.75, 3.05) is 24.5 Å². The fourth-order valence-electron chi connectivity index (χ4n) is 5.72. The Morgan fingerprint density at radius 2 is 1.89 bits per heavy atom. The summed E-state index contributed by atoms with van der Waals surface area (Å²) in [6, 6.07) is 6.47. The molecule has 8 nitrogen and oxygen atoms in total. The molecular formula is C28H34N8. The van der Waals surface area contributed by atoms with Gasteiger partial charge in [-0.1, -0.05) is 17.7 Å². The summed E-state index contributed by atoms with van der Waals surface area (Å²) in [5.41, 5.74) is 6.94. The van der Waals surface area contributed by atoms with Crippen LogP contribution in [-0.4, -0.2) is 49.0 Å². The lowest BCUT2D eigenvalue weighted by Crippen LogP contribution is -2.34. The Bertz CT molecular complexity index is 1350. The number of fused-ring (bicyclic) bond motifs is 1. The molecule has 0 unspecified atom stereocenters. The van der Waals surface area contributed by atoms with Gasteiger partial charge in [0.15, 0.2) is 0 Å². The second-order valence-corrected chi connectivity index (χ2v) is 11.2. The SMILES string of the molecule is c1cc2nc(Cn3cc(-c4cncc(N5CCC6(CC5)CC6)c4)nn3)cn2cc1CNCC1CCC1. The van der Waals surface area contributed by atoms with E-state index in [2.05, 4.69) is 60.5 Å². The van der Waals surface area contributed by atoms with Gasteiger partial charge in [0.2, 0.25) is 0 Å². The largest absolute Gasteiger partial charge is 0.370 e. The fraction of sp³-hybridized carbons (Fsp3) is 0.500. The molecule has 0 atom stereocenters. The van der Waals surface area contributed by atoms with Crippen molar-refractivity contribution < 1.29 is 0 Å². The monoisotopic (exact) mass is 482 g/mol. The highest BCUT2D eigenvalue weighted by Crippen LogP contribution is 2.53. The molecule has 4 aromatic heterocycles. The van der Waals surface area contributed by atoms with Crippen LogP contribution in [0.4, 0.5) is 5.69 Å². The highest BCUT2D eigenvalue weighted by atomic mass is 15.4. The molecule has 3 aliphatic rings. The summed E-state index contributed by atoms with van der Waals surface area (Å²) in [6.45, 7) is 4.87. The molecule has 7 rings (SSSR count). The molecule has 186 valence electrons. The minimum absolute atomic E-state index is 0.589. The molecule has 2 saturated carbocycles. The Hall–Kier alpha value is -3.26. The summed E-state index contributed by atoms with van der Waals surface area (Å²) in [5.74, 6) is 0.874. The summed E-state index contributed by atoms with van der Waals surface area (Å²) >= 11 is 0. The van der Waals surface area contributed by atoms with Crippen molar-refractivity contribution in [3.8, 4) is 11.3 Å². The van der Waals surface area contributed by atoms with Crippen LogP contribution < -0.4 is 10.2 Å². The molecule has 0 radical (unpaired) electrons. The van der Waals surface area contributed by atoms with Crippen molar-refractivity contribution in [1.29, 1.82) is 0 Å². The summed E-state index contributed by atoms with van der Waals surface area (Å²) in [7, 11) is 0. The third-order valence-corrected chi connectivity index (χ3v) is 8.58. The lowest BCUT2D eigenvalue weighted by atomic mass is 9.85. The molecular weight excluding hydrogens is 448 g/mol. The van der Waals surface area contributed by atoms with E-state index in [-0.39, 0.29) is 0 Å². The highest BCUT2D eigenvalue weighted by Gasteiger charge is 2.44. The van der Waals surface area contributed by atoms with E-state index in [0.29, 0.717) is 12.0 Å². The number of nitrogens with zero attached hydrogens (tertiary/aromatic N) is 7. The number of anilines is 1. The van der Waals surface area contributed by atoms with E-state index < -0.39 is 0 Å². The van der Waals surface area contributed by atoms with Crippen LogP contribution in [-0.2, 0) is 13.1 Å². The number of hydrogen-bond acceptors (Lipinski definition) is 6. The normalized spacial score (nSPS) is 19.2. The Labute approximate surface area is 211 Å². The average molecular weight is 483 g/mol. The highest BCUT2D eigenvalue weighted by molar-refractivity contribution is 5.63. The second-order valence-electron chi connectivity index (χ2n) is 11.2. The van der Waals surface area contributed by atoms with Crippen molar-refractivity contribution >= 4 is 11.3 Å². The Kier molecular flexibility index (Phi) is 5.49. The van der Waals surface area contributed by atoms with Gasteiger partial charge in [0.25, 0.3) is 0 Å². The number of aromatic nitrogens is 6. The number of piperidine rings is 1. The molecule has 0 aromatic carbocycles. The minimum atomic E-state index is 0.589. The first-order valence-electron chi connectivity index (χ1n) is 13.5. The average Bonchev–Trinajstić information content (AvgIpc) is 3.27. The van der Waals surface area contributed by atoms with E-state index in [1.54, 1.807) is 0 Å². The van der Waals surface area contributed by atoms with Crippen LogP contribution in [0, 0.1) is 11.3 Å². The van der Waals surface area contributed by atoms with Gasteiger partial charge >= 0.3 is 0 Å². The van der Waals surface area contributed by atoms with E-state index in [4.69, 9.17) is 4.98 Å². The maximum Gasteiger partial charge on any atom is 0.137 e. The summed E-state index contributed by atoms with van der Waals surface area (Å²) in [4.78, 5) is 11.8. The predicted octanol–water partition coefficient (Wildman–Crippen LogP) is 4.31. The van der Waals surface area contributed by atoms with Crippen molar-refractivity contribution in [1.82, 2.24) is 34.7 Å². The molecule has 4 aromatic rings. The summed E-state index contributed by atoms with van der Waals surface area (Å²) in [5, 5.41) is 12.4. The molecule has 0 bridgehead atoms. The molecule has 36 heavy (non-hydrogen) atoms. The van der Waals surface area contributed by atoms with Gasteiger partial charge in [0.1, 0.15) is 11.3 Å². The first kappa shape index (κ1) is 22.0. The molecule has 2 aliphatic carbocycles. The number of imidazole rings is 1. The van der Waals surface area contributed by atoms with E-state index in [1.165, 1.54) is 56.2 Å². The molecule has 5 heterocycles. The van der Waals surface area contributed by atoms with Crippen LogP contribution in [0.25, 0.3) is 16.9 Å². The fourth-order valence-corrected chi connectivity index (χ4v) is 5.72. The van der Waals surface area contributed by atoms with E-state index in [1.807, 2.05) is 23.3 Å². The van der Waals surface area contributed by atoms with Gasteiger partial charge in [0, 0.05) is 43.8 Å². The number of rotatable bonds is 8. The number of nitrogens with one attached hydrogen (secondary N) is 1. The first-order chi connectivity index (χ1) is 17.7. The third kappa shape index (κ3) is 4.50. The summed E-state index contributed by atoms with van der Waals surface area (Å²) < 4.78 is 3.98.